The van der Waals surface area contributed by atoms with Gasteiger partial charge in [0.15, 0.2) is 0 Å². The molecule has 1 fully saturated rings. The van der Waals surface area contributed by atoms with E-state index in [4.69, 9.17) is 4.74 Å². The smallest absolute Gasteiger partial charge is 0.120 e. The fourth-order valence-corrected chi connectivity index (χ4v) is 1.74. The molecule has 3 nitrogen and oxygen atoms in total. The minimum absolute atomic E-state index is 0. The van der Waals surface area contributed by atoms with Crippen molar-refractivity contribution in [2.75, 3.05) is 0 Å². The molecule has 0 amide bonds. The number of rotatable bonds is 2. The third kappa shape index (κ3) is 2.43. The highest BCUT2D eigenvalue weighted by Gasteiger charge is 2.40. The first-order valence-corrected chi connectivity index (χ1v) is 6.30. The second-order valence-corrected chi connectivity index (χ2v) is 4.58. The number of aromatic nitrogens is 2. The maximum Gasteiger partial charge on any atom is 0.120 e. The fourth-order valence-electron chi connectivity index (χ4n) is 1.74. The Kier molecular flexibility index (Phi) is 3.09. The van der Waals surface area contributed by atoms with Crippen LogP contribution in [-0.2, 0) is 0 Å². The molecule has 0 unspecified atom stereocenters. The third-order valence-electron chi connectivity index (χ3n) is 3.03. The molecule has 1 heterocycles. The van der Waals surface area contributed by atoms with Crippen molar-refractivity contribution < 1.29 is 6.16 Å². The highest BCUT2D eigenvalue weighted by atomic mass is 16.5. The van der Waals surface area contributed by atoms with Gasteiger partial charge in [-0.3, -0.25) is 5.10 Å². The number of aromatic amines is 1. The minimum Gasteiger partial charge on any atom is -0.488 e. The number of hydrogen-bond acceptors (Lipinski definition) is 2. The lowest BCUT2D eigenvalue weighted by molar-refractivity contribution is 0.200. The van der Waals surface area contributed by atoms with Crippen LogP contribution in [0.5, 0.6) is 5.75 Å². The highest BCUT2D eigenvalue weighted by molar-refractivity contribution is 5.82. The Morgan fingerprint density at radius 3 is 2.71 bits per heavy atom. The molecule has 0 bridgehead atoms. The molecule has 0 aliphatic heterocycles. The zero-order valence-electron chi connectivity index (χ0n) is 11.0. The first kappa shape index (κ1) is 12.0. The lowest BCUT2D eigenvalue weighted by Gasteiger charge is -2.12. The summed E-state index contributed by atoms with van der Waals surface area (Å²) in [6, 6.07) is 6.06. The fraction of sp³-hybridized carbons (Fsp3) is 0.500. The summed E-state index contributed by atoms with van der Waals surface area (Å²) >= 11 is 0. The van der Waals surface area contributed by atoms with Crippen LogP contribution in [0.1, 0.15) is 40.7 Å². The van der Waals surface area contributed by atoms with E-state index in [1.807, 2.05) is 32.9 Å². The number of aryl methyl sites for hydroxylation is 1. The van der Waals surface area contributed by atoms with E-state index in [0.29, 0.717) is 0 Å². The Morgan fingerprint density at radius 2 is 2.06 bits per heavy atom. The maximum atomic E-state index is 5.90. The topological polar surface area (TPSA) is 37.9 Å². The zero-order chi connectivity index (χ0) is 12.5. The van der Waals surface area contributed by atoms with Crippen molar-refractivity contribution >= 4 is 10.9 Å². The van der Waals surface area contributed by atoms with Gasteiger partial charge in [-0.2, -0.15) is 5.10 Å². The van der Waals surface area contributed by atoms with E-state index in [-0.39, 0.29) is 7.03 Å². The zero-order valence-corrected chi connectivity index (χ0v) is 11.0. The summed E-state index contributed by atoms with van der Waals surface area (Å²) in [7, 11) is 0. The molecular weight excluding hydrogens is 212 g/mol. The van der Waals surface area contributed by atoms with Crippen molar-refractivity contribution in [3.05, 3.63) is 23.9 Å². The molecule has 17 heavy (non-hydrogen) atoms. The monoisotopic (exact) mass is 234 g/mol. The van der Waals surface area contributed by atoms with E-state index in [9.17, 15) is 0 Å². The number of ether oxygens (including phenoxy) is 1. The molecule has 1 aliphatic carbocycles. The predicted octanol–water partition coefficient (Wildman–Crippen LogP) is 4.07. The number of nitrogens with zero attached hydrogens (tertiary/aromatic N) is 1. The highest BCUT2D eigenvalue weighted by Crippen LogP contribution is 2.40. The van der Waals surface area contributed by atoms with E-state index < -0.39 is 0 Å². The molecule has 1 aliphatic rings. The first-order chi connectivity index (χ1) is 8.16. The average Bonchev–Trinajstić information content (AvgIpc) is 2.95. The van der Waals surface area contributed by atoms with Crippen LogP contribution < -0.4 is 4.74 Å². The van der Waals surface area contributed by atoms with Gasteiger partial charge in [0, 0.05) is 12.5 Å². The van der Waals surface area contributed by atoms with Crippen LogP contribution in [0.25, 0.3) is 10.9 Å². The summed E-state index contributed by atoms with van der Waals surface area (Å²) in [4.78, 5) is 0. The third-order valence-corrected chi connectivity index (χ3v) is 3.03. The second-order valence-electron chi connectivity index (χ2n) is 4.58. The van der Waals surface area contributed by atoms with Gasteiger partial charge in [0.25, 0.3) is 0 Å². The maximum absolute atomic E-state index is 5.90. The molecule has 1 N–H and O–H groups in total. The van der Waals surface area contributed by atoms with Crippen molar-refractivity contribution in [1.29, 1.82) is 0 Å². The van der Waals surface area contributed by atoms with Crippen molar-refractivity contribution in [2.24, 2.45) is 0 Å². The van der Waals surface area contributed by atoms with Gasteiger partial charge < -0.3 is 4.74 Å². The molecule has 3 heteroatoms. The molecule has 0 radical (unpaired) electrons. The number of benzene rings is 1. The van der Waals surface area contributed by atoms with Gasteiger partial charge in [-0.05, 0) is 44.9 Å². The van der Waals surface area contributed by atoms with E-state index >= 15 is 0 Å². The van der Waals surface area contributed by atoms with Crippen LogP contribution in [0.3, 0.4) is 0 Å². The molecule has 0 saturated heterocycles. The van der Waals surface area contributed by atoms with Crippen LogP contribution in [0, 0.1) is 6.92 Å². The average molecular weight is 234 g/mol. The molecular formula is C14H22N2O. The SMILES string of the molecule is CC.Cc1[nH]nc2ccc(OC3(C)CC3)cc12.[HH]. The van der Waals surface area contributed by atoms with Gasteiger partial charge in [-0.1, -0.05) is 13.8 Å². The number of nitrogens with one attached hydrogen (secondary N) is 1. The van der Waals surface area contributed by atoms with Crippen molar-refractivity contribution in [3.8, 4) is 5.75 Å². The first-order valence-electron chi connectivity index (χ1n) is 6.30. The normalized spacial score (nSPS) is 16.2. The molecule has 0 atom stereocenters. The van der Waals surface area contributed by atoms with Crippen molar-refractivity contribution in [2.45, 2.75) is 46.1 Å². The summed E-state index contributed by atoms with van der Waals surface area (Å²) < 4.78 is 5.90. The van der Waals surface area contributed by atoms with E-state index in [1.54, 1.807) is 0 Å². The summed E-state index contributed by atoms with van der Waals surface area (Å²) in [5, 5.41) is 8.32. The van der Waals surface area contributed by atoms with Crippen LogP contribution in [0.4, 0.5) is 0 Å². The Morgan fingerprint density at radius 1 is 1.35 bits per heavy atom. The molecule has 0 spiro atoms. The Bertz CT molecular complexity index is 517. The molecule has 1 aromatic carbocycles. The summed E-state index contributed by atoms with van der Waals surface area (Å²) in [5.41, 5.74) is 2.18. The molecule has 94 valence electrons. The quantitative estimate of drug-likeness (QED) is 0.850. The van der Waals surface area contributed by atoms with Crippen molar-refractivity contribution in [1.82, 2.24) is 10.2 Å². The van der Waals surface area contributed by atoms with Crippen LogP contribution in [0.15, 0.2) is 18.2 Å². The predicted molar refractivity (Wildman–Crippen MR) is 72.6 cm³/mol. The standard InChI is InChI=1S/C12H14N2O.C2H6.H2/c1-8-10-7-9(15-12(2)5-6-12)3-4-11(10)14-13-8;1-2;/h3-4,7H,5-6H2,1-2H3,(H,13,14);1-2H3;1H. The van der Waals surface area contributed by atoms with Gasteiger partial charge >= 0.3 is 0 Å². The summed E-state index contributed by atoms with van der Waals surface area (Å²) in [5.74, 6) is 0.951. The Labute approximate surface area is 104 Å². The number of hydrogen-bond donors (Lipinski definition) is 1. The number of H-pyrrole nitrogens is 1. The largest absolute Gasteiger partial charge is 0.488 e. The summed E-state index contributed by atoms with van der Waals surface area (Å²) in [6.45, 7) is 8.18. The van der Waals surface area contributed by atoms with Crippen LogP contribution in [0.2, 0.25) is 0 Å². The second kappa shape index (κ2) is 4.40. The van der Waals surface area contributed by atoms with Gasteiger partial charge in [0.05, 0.1) is 5.52 Å². The van der Waals surface area contributed by atoms with Gasteiger partial charge in [-0.15, -0.1) is 0 Å². The van der Waals surface area contributed by atoms with Crippen molar-refractivity contribution in [3.63, 3.8) is 0 Å². The lowest BCUT2D eigenvalue weighted by Crippen LogP contribution is -2.11. The van der Waals surface area contributed by atoms with Gasteiger partial charge in [0.2, 0.25) is 0 Å². The van der Waals surface area contributed by atoms with E-state index in [2.05, 4.69) is 23.2 Å². The Balaban J connectivity index is 0.000000516. The Hall–Kier alpha value is -1.51. The van der Waals surface area contributed by atoms with Gasteiger partial charge in [0.1, 0.15) is 11.4 Å². The minimum atomic E-state index is 0. The number of fused-ring (bicyclic) bond motifs is 1. The summed E-state index contributed by atoms with van der Waals surface area (Å²) in [6.07, 6.45) is 2.32. The molecule has 1 aromatic heterocycles. The van der Waals surface area contributed by atoms with Crippen LogP contribution in [-0.4, -0.2) is 15.8 Å². The molecule has 1 saturated carbocycles. The molecule has 2 aromatic rings. The van der Waals surface area contributed by atoms with Crippen LogP contribution >= 0.6 is 0 Å². The van der Waals surface area contributed by atoms with E-state index in [1.165, 1.54) is 0 Å². The van der Waals surface area contributed by atoms with Gasteiger partial charge in [-0.25, -0.2) is 0 Å². The van der Waals surface area contributed by atoms with E-state index in [0.717, 1.165) is 35.2 Å². The lowest BCUT2D eigenvalue weighted by atomic mass is 10.2. The molecule has 3 rings (SSSR count).